The summed E-state index contributed by atoms with van der Waals surface area (Å²) in [7, 11) is -2.40. The minimum atomic E-state index is -2.40. The van der Waals surface area contributed by atoms with E-state index in [1.807, 2.05) is 6.07 Å². The number of aliphatic carboxylic acids is 1. The Kier molecular flexibility index (Phi) is 6.61. The molecule has 0 bridgehead atoms. The van der Waals surface area contributed by atoms with Crippen LogP contribution in [0.15, 0.2) is 24.3 Å². The molecule has 1 aromatic carbocycles. The van der Waals surface area contributed by atoms with Crippen LogP contribution in [-0.4, -0.2) is 42.1 Å². The molecule has 6 nitrogen and oxygen atoms in total. The lowest BCUT2D eigenvalue weighted by atomic mass is 10.0. The fourth-order valence-electron chi connectivity index (χ4n) is 2.16. The zero-order chi connectivity index (χ0) is 18.5. The molecule has 0 fully saturated rings. The molecule has 0 aliphatic carbocycles. The van der Waals surface area contributed by atoms with E-state index in [9.17, 15) is 14.2 Å². The first-order chi connectivity index (χ1) is 10.9. The van der Waals surface area contributed by atoms with Crippen molar-refractivity contribution in [3.63, 3.8) is 0 Å². The van der Waals surface area contributed by atoms with Crippen LogP contribution in [-0.2, 0) is 20.5 Å². The Hall–Kier alpha value is -1.81. The molecule has 0 aliphatic rings. The van der Waals surface area contributed by atoms with Gasteiger partial charge >= 0.3 is 12.1 Å². The maximum atomic E-state index is 12.2. The molecule has 7 heteroatoms. The fraction of sp³-hybridized carbons (Fsp3) is 0.529. The summed E-state index contributed by atoms with van der Waals surface area (Å²) < 4.78 is 17.4. The van der Waals surface area contributed by atoms with Gasteiger partial charge in [-0.25, -0.2) is 4.79 Å². The maximum absolute atomic E-state index is 12.2. The topological polar surface area (TPSA) is 92.7 Å². The zero-order valence-electron chi connectivity index (χ0n) is 14.8. The van der Waals surface area contributed by atoms with Gasteiger partial charge in [0.2, 0.25) is 0 Å². The van der Waals surface area contributed by atoms with Crippen LogP contribution in [0.1, 0.15) is 32.8 Å². The minimum absolute atomic E-state index is 0.223. The van der Waals surface area contributed by atoms with E-state index in [0.29, 0.717) is 6.42 Å². The third-order valence-corrected chi connectivity index (χ3v) is 4.68. The highest BCUT2D eigenvalue weighted by molar-refractivity contribution is 7.70. The molecule has 0 heterocycles. The highest BCUT2D eigenvalue weighted by Gasteiger charge is 2.22. The molecule has 1 aromatic rings. The second kappa shape index (κ2) is 7.84. The maximum Gasteiger partial charge on any atom is 0.407 e. The van der Waals surface area contributed by atoms with E-state index >= 15 is 0 Å². The Morgan fingerprint density at radius 3 is 2.42 bits per heavy atom. The molecule has 0 aliphatic heterocycles. The van der Waals surface area contributed by atoms with Crippen molar-refractivity contribution < 1.29 is 24.0 Å². The number of amides is 1. The van der Waals surface area contributed by atoms with Crippen LogP contribution in [0.2, 0.25) is 0 Å². The van der Waals surface area contributed by atoms with E-state index in [4.69, 9.17) is 9.84 Å². The third kappa shape index (κ3) is 7.64. The lowest BCUT2D eigenvalue weighted by molar-refractivity contribution is -0.137. The Balaban J connectivity index is 2.88. The zero-order valence-corrected chi connectivity index (χ0v) is 15.7. The molecule has 0 spiro atoms. The van der Waals surface area contributed by atoms with Crippen molar-refractivity contribution in [3.05, 3.63) is 29.8 Å². The van der Waals surface area contributed by atoms with Gasteiger partial charge in [-0.05, 0) is 52.2 Å². The molecule has 1 atom stereocenters. The number of carbonyl (C=O) groups is 2. The molecule has 1 amide bonds. The van der Waals surface area contributed by atoms with E-state index in [0.717, 1.165) is 10.9 Å². The van der Waals surface area contributed by atoms with Gasteiger partial charge in [0.15, 0.2) is 0 Å². The molecule has 134 valence electrons. The Morgan fingerprint density at radius 1 is 1.29 bits per heavy atom. The Morgan fingerprint density at radius 2 is 1.92 bits per heavy atom. The predicted octanol–water partition coefficient (Wildman–Crippen LogP) is 2.85. The molecule has 1 rings (SSSR count). The SMILES string of the molecule is CC(C)(C)OC(=O)N[C@@H](CC(=O)O)Cc1cccc(P(C)(C)=O)c1. The second-order valence-corrected chi connectivity index (χ2v) is 10.4. The normalized spacial score (nSPS) is 13.2. The van der Waals surface area contributed by atoms with Crippen LogP contribution in [0.25, 0.3) is 0 Å². The number of ether oxygens (including phenoxy) is 1. The first-order valence-corrected chi connectivity index (χ1v) is 10.3. The van der Waals surface area contributed by atoms with Gasteiger partial charge in [-0.15, -0.1) is 0 Å². The fourth-order valence-corrected chi connectivity index (χ4v) is 3.08. The van der Waals surface area contributed by atoms with Crippen molar-refractivity contribution in [3.8, 4) is 0 Å². The van der Waals surface area contributed by atoms with E-state index in [-0.39, 0.29) is 6.42 Å². The van der Waals surface area contributed by atoms with Crippen LogP contribution in [0.5, 0.6) is 0 Å². The van der Waals surface area contributed by atoms with Gasteiger partial charge in [0.05, 0.1) is 6.42 Å². The van der Waals surface area contributed by atoms with Crippen LogP contribution in [0, 0.1) is 0 Å². The van der Waals surface area contributed by atoms with Crippen LogP contribution >= 0.6 is 7.14 Å². The predicted molar refractivity (Wildman–Crippen MR) is 94.6 cm³/mol. The quantitative estimate of drug-likeness (QED) is 0.766. The van der Waals surface area contributed by atoms with Crippen molar-refractivity contribution in [1.29, 1.82) is 0 Å². The molecule has 0 saturated carbocycles. The van der Waals surface area contributed by atoms with E-state index < -0.39 is 30.8 Å². The average Bonchev–Trinajstić information content (AvgIpc) is 2.34. The van der Waals surface area contributed by atoms with E-state index in [2.05, 4.69) is 5.32 Å². The van der Waals surface area contributed by atoms with E-state index in [1.54, 1.807) is 52.3 Å². The van der Waals surface area contributed by atoms with Gasteiger partial charge in [-0.1, -0.05) is 18.2 Å². The lowest BCUT2D eigenvalue weighted by Gasteiger charge is -2.23. The average molecular weight is 355 g/mol. The van der Waals surface area contributed by atoms with Gasteiger partial charge in [-0.2, -0.15) is 0 Å². The molecule has 0 aromatic heterocycles. The van der Waals surface area contributed by atoms with Crippen molar-refractivity contribution in [2.75, 3.05) is 13.3 Å². The summed E-state index contributed by atoms with van der Waals surface area (Å²) in [5.74, 6) is -1.01. The summed E-state index contributed by atoms with van der Waals surface area (Å²) in [6, 6.07) is 6.59. The Labute approximate surface area is 143 Å². The highest BCUT2D eigenvalue weighted by Crippen LogP contribution is 2.34. The van der Waals surface area contributed by atoms with Gasteiger partial charge in [0.1, 0.15) is 12.7 Å². The molecule has 24 heavy (non-hydrogen) atoms. The smallest absolute Gasteiger partial charge is 0.407 e. The number of alkyl carbamates (subject to hydrolysis) is 1. The number of benzene rings is 1. The molecular formula is C17H26NO5P. The van der Waals surface area contributed by atoms with Gasteiger partial charge in [0.25, 0.3) is 0 Å². The number of carbonyl (C=O) groups excluding carboxylic acids is 1. The molecular weight excluding hydrogens is 329 g/mol. The Bertz CT molecular complexity index is 645. The molecule has 0 saturated heterocycles. The van der Waals surface area contributed by atoms with E-state index in [1.165, 1.54) is 0 Å². The number of hydrogen-bond acceptors (Lipinski definition) is 4. The number of carboxylic acids is 1. The van der Waals surface area contributed by atoms with Crippen molar-refractivity contribution in [2.24, 2.45) is 0 Å². The second-order valence-electron chi connectivity index (χ2n) is 7.17. The third-order valence-electron chi connectivity index (χ3n) is 3.16. The standard InChI is InChI=1S/C17H26NO5P/c1-17(2,3)23-16(21)18-13(11-15(19)20)9-12-7-6-8-14(10-12)24(4,5)22/h6-8,10,13H,9,11H2,1-5H3,(H,18,21)(H,19,20)/t13-/m1/s1. The van der Waals surface area contributed by atoms with Gasteiger partial charge in [0, 0.05) is 11.3 Å². The van der Waals surface area contributed by atoms with Crippen molar-refractivity contribution in [1.82, 2.24) is 5.32 Å². The van der Waals surface area contributed by atoms with Crippen LogP contribution in [0.4, 0.5) is 4.79 Å². The summed E-state index contributed by atoms with van der Waals surface area (Å²) in [6.07, 6.45) is -0.555. The first-order valence-electron chi connectivity index (χ1n) is 7.72. The summed E-state index contributed by atoms with van der Waals surface area (Å²) in [6.45, 7) is 8.58. The number of rotatable bonds is 6. The van der Waals surface area contributed by atoms with Crippen molar-refractivity contribution >= 4 is 24.5 Å². The van der Waals surface area contributed by atoms with Crippen LogP contribution < -0.4 is 10.6 Å². The summed E-state index contributed by atoms with van der Waals surface area (Å²) in [5.41, 5.74) is 0.160. The first kappa shape index (κ1) is 20.2. The summed E-state index contributed by atoms with van der Waals surface area (Å²) in [5, 5.41) is 12.4. The minimum Gasteiger partial charge on any atom is -0.481 e. The number of carboxylic acid groups (broad SMARTS) is 1. The molecule has 0 radical (unpaired) electrons. The summed E-state index contributed by atoms with van der Waals surface area (Å²) in [4.78, 5) is 23.0. The summed E-state index contributed by atoms with van der Waals surface area (Å²) >= 11 is 0. The van der Waals surface area contributed by atoms with Gasteiger partial charge < -0.3 is 19.7 Å². The lowest BCUT2D eigenvalue weighted by Crippen LogP contribution is -2.41. The number of hydrogen-bond donors (Lipinski definition) is 2. The van der Waals surface area contributed by atoms with Crippen LogP contribution in [0.3, 0.4) is 0 Å². The van der Waals surface area contributed by atoms with Crippen molar-refractivity contribution in [2.45, 2.75) is 45.3 Å². The molecule has 0 unspecified atom stereocenters. The highest BCUT2D eigenvalue weighted by atomic mass is 31.2. The molecule has 2 N–H and O–H groups in total. The van der Waals surface area contributed by atoms with Gasteiger partial charge in [-0.3, -0.25) is 4.79 Å². The number of nitrogens with one attached hydrogen (secondary N) is 1. The monoisotopic (exact) mass is 355 g/mol. The largest absolute Gasteiger partial charge is 0.481 e.